The van der Waals surface area contributed by atoms with E-state index in [1.54, 1.807) is 23.0 Å². The van der Waals surface area contributed by atoms with E-state index < -0.39 is 4.92 Å². The minimum Gasteiger partial charge on any atom is -0.368 e. The highest BCUT2D eigenvalue weighted by Crippen LogP contribution is 2.22. The molecule has 154 valence electrons. The molecule has 2 heterocycles. The van der Waals surface area contributed by atoms with Crippen molar-refractivity contribution in [2.45, 2.75) is 13.8 Å². The largest absolute Gasteiger partial charge is 0.368 e. The van der Waals surface area contributed by atoms with E-state index in [0.717, 1.165) is 22.6 Å². The van der Waals surface area contributed by atoms with Gasteiger partial charge < -0.3 is 9.80 Å². The summed E-state index contributed by atoms with van der Waals surface area (Å²) in [5.74, 6) is -0.0187. The van der Waals surface area contributed by atoms with Gasteiger partial charge in [-0.2, -0.15) is 5.10 Å². The SMILES string of the molecule is Cc1cccc(-n2ncc(C(=O)N3CCN(c4ccc([N+](=O)[O-])cc4)CC3)c2C)c1. The van der Waals surface area contributed by atoms with Gasteiger partial charge in [-0.3, -0.25) is 14.9 Å². The van der Waals surface area contributed by atoms with Gasteiger partial charge in [0.25, 0.3) is 11.6 Å². The normalized spacial score (nSPS) is 14.1. The number of aromatic nitrogens is 2. The lowest BCUT2D eigenvalue weighted by atomic mass is 10.2. The van der Waals surface area contributed by atoms with Gasteiger partial charge in [0.05, 0.1) is 28.1 Å². The summed E-state index contributed by atoms with van der Waals surface area (Å²) in [6.45, 7) is 6.47. The van der Waals surface area contributed by atoms with E-state index in [1.165, 1.54) is 12.1 Å². The van der Waals surface area contributed by atoms with Crippen molar-refractivity contribution in [3.05, 3.63) is 81.7 Å². The molecule has 8 heteroatoms. The third-order valence-corrected chi connectivity index (χ3v) is 5.48. The van der Waals surface area contributed by atoms with E-state index >= 15 is 0 Å². The van der Waals surface area contributed by atoms with Crippen molar-refractivity contribution in [1.29, 1.82) is 0 Å². The van der Waals surface area contributed by atoms with Crippen molar-refractivity contribution in [2.75, 3.05) is 31.1 Å². The molecule has 1 aromatic heterocycles. The van der Waals surface area contributed by atoms with E-state index in [2.05, 4.69) is 10.00 Å². The molecule has 2 aromatic carbocycles. The first-order valence-electron chi connectivity index (χ1n) is 9.84. The number of benzene rings is 2. The van der Waals surface area contributed by atoms with Crippen molar-refractivity contribution >= 4 is 17.3 Å². The Balaban J connectivity index is 1.44. The Morgan fingerprint density at radius 1 is 1.00 bits per heavy atom. The Morgan fingerprint density at radius 2 is 1.70 bits per heavy atom. The molecule has 1 saturated heterocycles. The fraction of sp³-hybridized carbons (Fsp3) is 0.273. The Morgan fingerprint density at radius 3 is 2.33 bits per heavy atom. The number of non-ortho nitro benzene ring substituents is 1. The Hall–Kier alpha value is -3.68. The number of hydrogen-bond donors (Lipinski definition) is 0. The van der Waals surface area contributed by atoms with Crippen molar-refractivity contribution in [3.8, 4) is 5.69 Å². The van der Waals surface area contributed by atoms with E-state index in [9.17, 15) is 14.9 Å². The summed E-state index contributed by atoms with van der Waals surface area (Å²) >= 11 is 0. The Kier molecular flexibility index (Phi) is 5.22. The molecule has 4 rings (SSSR count). The van der Waals surface area contributed by atoms with Crippen LogP contribution in [0.5, 0.6) is 0 Å². The monoisotopic (exact) mass is 405 g/mol. The van der Waals surface area contributed by atoms with Gasteiger partial charge in [0.15, 0.2) is 0 Å². The van der Waals surface area contributed by atoms with Crippen molar-refractivity contribution < 1.29 is 9.72 Å². The van der Waals surface area contributed by atoms with Crippen LogP contribution in [0.25, 0.3) is 5.69 Å². The van der Waals surface area contributed by atoms with E-state index in [-0.39, 0.29) is 11.6 Å². The molecule has 30 heavy (non-hydrogen) atoms. The van der Waals surface area contributed by atoms with Gasteiger partial charge in [-0.05, 0) is 43.7 Å². The second-order valence-electron chi connectivity index (χ2n) is 7.45. The third kappa shape index (κ3) is 3.76. The molecule has 0 atom stereocenters. The average molecular weight is 405 g/mol. The van der Waals surface area contributed by atoms with Gasteiger partial charge in [-0.1, -0.05) is 12.1 Å². The Bertz CT molecular complexity index is 1080. The van der Waals surface area contributed by atoms with Crippen LogP contribution in [-0.2, 0) is 0 Å². The maximum absolute atomic E-state index is 13.1. The highest BCUT2D eigenvalue weighted by molar-refractivity contribution is 5.95. The Labute approximate surface area is 174 Å². The number of aryl methyl sites for hydroxylation is 1. The summed E-state index contributed by atoms with van der Waals surface area (Å²) in [5, 5.41) is 15.3. The summed E-state index contributed by atoms with van der Waals surface area (Å²) in [5.41, 5.74) is 4.51. The number of amides is 1. The number of rotatable bonds is 4. The zero-order chi connectivity index (χ0) is 21.3. The van der Waals surface area contributed by atoms with Crippen LogP contribution in [0.3, 0.4) is 0 Å². The summed E-state index contributed by atoms with van der Waals surface area (Å²) in [6.07, 6.45) is 1.64. The highest BCUT2D eigenvalue weighted by Gasteiger charge is 2.25. The van der Waals surface area contributed by atoms with Crippen LogP contribution in [0.4, 0.5) is 11.4 Å². The summed E-state index contributed by atoms with van der Waals surface area (Å²) in [6, 6.07) is 14.5. The molecule has 0 radical (unpaired) electrons. The van der Waals surface area contributed by atoms with Crippen LogP contribution in [0.15, 0.2) is 54.7 Å². The van der Waals surface area contributed by atoms with Gasteiger partial charge in [0.2, 0.25) is 0 Å². The molecular formula is C22H23N5O3. The first kappa shape index (κ1) is 19.6. The first-order valence-corrected chi connectivity index (χ1v) is 9.84. The molecule has 3 aromatic rings. The molecule has 1 amide bonds. The smallest absolute Gasteiger partial charge is 0.269 e. The minimum absolute atomic E-state index is 0.0187. The minimum atomic E-state index is -0.403. The molecule has 0 saturated carbocycles. The summed E-state index contributed by atoms with van der Waals surface area (Å²) in [4.78, 5) is 27.5. The number of nitro groups is 1. The number of nitrogens with zero attached hydrogens (tertiary/aromatic N) is 5. The summed E-state index contributed by atoms with van der Waals surface area (Å²) < 4.78 is 1.80. The fourth-order valence-corrected chi connectivity index (χ4v) is 3.76. The molecule has 0 unspecified atom stereocenters. The highest BCUT2D eigenvalue weighted by atomic mass is 16.6. The number of nitro benzene ring substituents is 1. The molecule has 1 fully saturated rings. The van der Waals surface area contributed by atoms with Gasteiger partial charge in [-0.25, -0.2) is 4.68 Å². The lowest BCUT2D eigenvalue weighted by Crippen LogP contribution is -2.48. The topological polar surface area (TPSA) is 84.5 Å². The van der Waals surface area contributed by atoms with E-state index in [4.69, 9.17) is 0 Å². The van der Waals surface area contributed by atoms with Crippen LogP contribution in [0.1, 0.15) is 21.6 Å². The van der Waals surface area contributed by atoms with Gasteiger partial charge in [0, 0.05) is 44.0 Å². The van der Waals surface area contributed by atoms with Gasteiger partial charge in [0.1, 0.15) is 0 Å². The molecule has 8 nitrogen and oxygen atoms in total. The van der Waals surface area contributed by atoms with Crippen molar-refractivity contribution in [1.82, 2.24) is 14.7 Å². The summed E-state index contributed by atoms with van der Waals surface area (Å²) in [7, 11) is 0. The van der Waals surface area contributed by atoms with Crippen LogP contribution < -0.4 is 4.90 Å². The van der Waals surface area contributed by atoms with Crippen LogP contribution in [-0.4, -0.2) is 51.7 Å². The predicted octanol–water partition coefficient (Wildman–Crippen LogP) is 3.36. The zero-order valence-electron chi connectivity index (χ0n) is 17.0. The van der Waals surface area contributed by atoms with Crippen LogP contribution >= 0.6 is 0 Å². The van der Waals surface area contributed by atoms with Crippen LogP contribution in [0, 0.1) is 24.0 Å². The maximum Gasteiger partial charge on any atom is 0.269 e. The second-order valence-corrected chi connectivity index (χ2v) is 7.45. The van der Waals surface area contributed by atoms with Crippen LogP contribution in [0.2, 0.25) is 0 Å². The number of anilines is 1. The van der Waals surface area contributed by atoms with Gasteiger partial charge >= 0.3 is 0 Å². The molecule has 0 N–H and O–H groups in total. The number of hydrogen-bond acceptors (Lipinski definition) is 5. The fourth-order valence-electron chi connectivity index (χ4n) is 3.76. The number of carbonyl (C=O) groups is 1. The molecule has 1 aliphatic rings. The van der Waals surface area contributed by atoms with E-state index in [0.29, 0.717) is 31.7 Å². The standard InChI is InChI=1S/C22H23N5O3/c1-16-4-3-5-20(14-16)26-17(2)21(15-23-26)22(28)25-12-10-24(11-13-25)18-6-8-19(9-7-18)27(29)30/h3-9,14-15H,10-13H2,1-2H3. The molecule has 0 spiro atoms. The maximum atomic E-state index is 13.1. The quantitative estimate of drug-likeness (QED) is 0.491. The molecule has 0 bridgehead atoms. The zero-order valence-corrected chi connectivity index (χ0v) is 17.0. The molecular weight excluding hydrogens is 382 g/mol. The lowest BCUT2D eigenvalue weighted by Gasteiger charge is -2.36. The number of piperazine rings is 1. The average Bonchev–Trinajstić information content (AvgIpc) is 3.14. The first-order chi connectivity index (χ1) is 14.4. The molecule has 0 aliphatic carbocycles. The van der Waals surface area contributed by atoms with Crippen molar-refractivity contribution in [2.24, 2.45) is 0 Å². The van der Waals surface area contributed by atoms with Gasteiger partial charge in [-0.15, -0.1) is 0 Å². The molecule has 1 aliphatic heterocycles. The lowest BCUT2D eigenvalue weighted by molar-refractivity contribution is -0.384. The number of carbonyl (C=O) groups excluding carboxylic acids is 1. The predicted molar refractivity (Wildman–Crippen MR) is 114 cm³/mol. The van der Waals surface area contributed by atoms with Crippen molar-refractivity contribution in [3.63, 3.8) is 0 Å². The second kappa shape index (κ2) is 7.98. The van der Waals surface area contributed by atoms with E-state index in [1.807, 2.05) is 43.0 Å². The third-order valence-electron chi connectivity index (χ3n) is 5.48.